The number of hydrogen-bond acceptors (Lipinski definition) is 2. The van der Waals surface area contributed by atoms with Crippen molar-refractivity contribution in [1.29, 1.82) is 0 Å². The first-order valence-electron chi connectivity index (χ1n) is 6.51. The minimum absolute atomic E-state index is 0.0518. The molecule has 3 nitrogen and oxygen atoms in total. The van der Waals surface area contributed by atoms with Crippen LogP contribution in [0, 0.1) is 5.82 Å². The summed E-state index contributed by atoms with van der Waals surface area (Å²) in [5.41, 5.74) is -1.14. The van der Waals surface area contributed by atoms with Gasteiger partial charge in [0.15, 0.2) is 5.76 Å². The number of anilines is 1. The van der Waals surface area contributed by atoms with Crippen molar-refractivity contribution in [3.05, 3.63) is 65.7 Å². The summed E-state index contributed by atoms with van der Waals surface area (Å²) in [6.45, 7) is 0. The first-order chi connectivity index (χ1) is 10.8. The van der Waals surface area contributed by atoms with Crippen molar-refractivity contribution in [2.75, 3.05) is 5.32 Å². The summed E-state index contributed by atoms with van der Waals surface area (Å²) in [7, 11) is 0. The normalized spacial score (nSPS) is 11.7. The molecular formula is C16H9F4NO2. The van der Waals surface area contributed by atoms with Crippen molar-refractivity contribution in [3.63, 3.8) is 0 Å². The van der Waals surface area contributed by atoms with Crippen molar-refractivity contribution in [2.45, 2.75) is 6.18 Å². The SMILES string of the molecule is O=C(Nc1ccc(F)c(C(F)(F)F)c1)c1cc2ccccc2o1. The lowest BCUT2D eigenvalue weighted by Gasteiger charge is -2.10. The predicted molar refractivity (Wildman–Crippen MR) is 75.6 cm³/mol. The fraction of sp³-hybridized carbons (Fsp3) is 0.0625. The third-order valence-electron chi connectivity index (χ3n) is 3.18. The molecule has 0 aliphatic heterocycles. The Hall–Kier alpha value is -2.83. The molecule has 0 unspecified atom stereocenters. The Morgan fingerprint density at radius 2 is 1.78 bits per heavy atom. The fourth-order valence-corrected chi connectivity index (χ4v) is 2.11. The molecule has 0 bridgehead atoms. The molecule has 0 spiro atoms. The van der Waals surface area contributed by atoms with E-state index in [4.69, 9.17) is 4.42 Å². The maximum absolute atomic E-state index is 13.2. The number of benzene rings is 2. The molecule has 0 fully saturated rings. The Labute approximate surface area is 127 Å². The van der Waals surface area contributed by atoms with Crippen LogP contribution in [0.5, 0.6) is 0 Å². The van der Waals surface area contributed by atoms with Gasteiger partial charge in [-0.1, -0.05) is 18.2 Å². The van der Waals surface area contributed by atoms with Crippen molar-refractivity contribution in [2.24, 2.45) is 0 Å². The van der Waals surface area contributed by atoms with Gasteiger partial charge in [-0.15, -0.1) is 0 Å². The molecule has 1 heterocycles. The molecular weight excluding hydrogens is 314 g/mol. The van der Waals surface area contributed by atoms with E-state index in [1.54, 1.807) is 24.3 Å². The highest BCUT2D eigenvalue weighted by Crippen LogP contribution is 2.33. The summed E-state index contributed by atoms with van der Waals surface area (Å²) in [6.07, 6.45) is -4.84. The molecule has 3 rings (SSSR count). The summed E-state index contributed by atoms with van der Waals surface area (Å²) >= 11 is 0. The quantitative estimate of drug-likeness (QED) is 0.686. The van der Waals surface area contributed by atoms with E-state index >= 15 is 0 Å². The van der Waals surface area contributed by atoms with Gasteiger partial charge in [0.05, 0.1) is 5.56 Å². The third kappa shape index (κ3) is 3.03. The van der Waals surface area contributed by atoms with Gasteiger partial charge in [-0.05, 0) is 30.3 Å². The summed E-state index contributed by atoms with van der Waals surface area (Å²) in [5.74, 6) is -2.18. The molecule has 0 saturated carbocycles. The van der Waals surface area contributed by atoms with Crippen LogP contribution in [0.25, 0.3) is 11.0 Å². The summed E-state index contributed by atoms with van der Waals surface area (Å²) in [4.78, 5) is 12.0. The zero-order chi connectivity index (χ0) is 16.6. The predicted octanol–water partition coefficient (Wildman–Crippen LogP) is 4.84. The van der Waals surface area contributed by atoms with E-state index in [-0.39, 0.29) is 11.4 Å². The molecule has 0 saturated heterocycles. The largest absolute Gasteiger partial charge is 0.451 e. The van der Waals surface area contributed by atoms with E-state index in [1.807, 2.05) is 0 Å². The van der Waals surface area contributed by atoms with Crippen molar-refractivity contribution in [1.82, 2.24) is 0 Å². The molecule has 2 aromatic carbocycles. The van der Waals surface area contributed by atoms with E-state index in [9.17, 15) is 22.4 Å². The number of nitrogens with one attached hydrogen (secondary N) is 1. The van der Waals surface area contributed by atoms with E-state index in [0.717, 1.165) is 6.07 Å². The highest BCUT2D eigenvalue weighted by atomic mass is 19.4. The van der Waals surface area contributed by atoms with Crippen LogP contribution in [0.1, 0.15) is 16.1 Å². The van der Waals surface area contributed by atoms with Crippen LogP contribution in [0.15, 0.2) is 52.9 Å². The number of halogens is 4. The minimum Gasteiger partial charge on any atom is -0.451 e. The molecule has 23 heavy (non-hydrogen) atoms. The van der Waals surface area contributed by atoms with Gasteiger partial charge in [0.2, 0.25) is 0 Å². The number of alkyl halides is 3. The van der Waals surface area contributed by atoms with E-state index in [0.29, 0.717) is 23.1 Å². The van der Waals surface area contributed by atoms with Gasteiger partial charge < -0.3 is 9.73 Å². The first-order valence-corrected chi connectivity index (χ1v) is 6.51. The topological polar surface area (TPSA) is 42.2 Å². The van der Waals surface area contributed by atoms with Gasteiger partial charge in [0.25, 0.3) is 5.91 Å². The Balaban J connectivity index is 1.88. The third-order valence-corrected chi connectivity index (χ3v) is 3.18. The Morgan fingerprint density at radius 3 is 2.48 bits per heavy atom. The van der Waals surface area contributed by atoms with Crippen molar-refractivity contribution in [3.8, 4) is 0 Å². The fourth-order valence-electron chi connectivity index (χ4n) is 2.11. The lowest BCUT2D eigenvalue weighted by Crippen LogP contribution is -2.13. The van der Waals surface area contributed by atoms with Crippen LogP contribution in [0.3, 0.4) is 0 Å². The number of rotatable bonds is 2. The van der Waals surface area contributed by atoms with Crippen molar-refractivity contribution < 1.29 is 26.8 Å². The van der Waals surface area contributed by atoms with Crippen LogP contribution >= 0.6 is 0 Å². The van der Waals surface area contributed by atoms with Crippen LogP contribution in [0.2, 0.25) is 0 Å². The maximum atomic E-state index is 13.2. The van der Waals surface area contributed by atoms with Gasteiger partial charge in [0, 0.05) is 11.1 Å². The number of carbonyl (C=O) groups excluding carboxylic acids is 1. The molecule has 7 heteroatoms. The summed E-state index contributed by atoms with van der Waals surface area (Å²) in [6, 6.07) is 10.6. The number of amides is 1. The second-order valence-corrected chi connectivity index (χ2v) is 4.79. The maximum Gasteiger partial charge on any atom is 0.419 e. The Bertz CT molecular complexity index is 850. The zero-order valence-corrected chi connectivity index (χ0v) is 11.4. The van der Waals surface area contributed by atoms with Gasteiger partial charge in [-0.25, -0.2) is 4.39 Å². The smallest absolute Gasteiger partial charge is 0.419 e. The highest BCUT2D eigenvalue weighted by Gasteiger charge is 2.34. The lowest BCUT2D eigenvalue weighted by molar-refractivity contribution is -0.139. The van der Waals surface area contributed by atoms with Gasteiger partial charge in [-0.2, -0.15) is 13.2 Å². The Morgan fingerprint density at radius 1 is 1.04 bits per heavy atom. The molecule has 0 aliphatic carbocycles. The molecule has 1 aromatic heterocycles. The van der Waals surface area contributed by atoms with Crippen LogP contribution in [-0.4, -0.2) is 5.91 Å². The first kappa shape index (κ1) is 15.1. The van der Waals surface area contributed by atoms with Crippen molar-refractivity contribution >= 4 is 22.6 Å². The van der Waals surface area contributed by atoms with Crippen LogP contribution < -0.4 is 5.32 Å². The number of furan rings is 1. The number of para-hydroxylation sites is 1. The molecule has 1 N–H and O–H groups in total. The van der Waals surface area contributed by atoms with Crippen LogP contribution in [-0.2, 0) is 6.18 Å². The summed E-state index contributed by atoms with van der Waals surface area (Å²) in [5, 5.41) is 2.95. The van der Waals surface area contributed by atoms with Crippen LogP contribution in [0.4, 0.5) is 23.2 Å². The molecule has 1 amide bonds. The average molecular weight is 323 g/mol. The number of hydrogen-bond donors (Lipinski definition) is 1. The molecule has 118 valence electrons. The second-order valence-electron chi connectivity index (χ2n) is 4.79. The zero-order valence-electron chi connectivity index (χ0n) is 11.4. The molecule has 0 radical (unpaired) electrons. The van der Waals surface area contributed by atoms with Gasteiger partial charge in [0.1, 0.15) is 11.4 Å². The molecule has 3 aromatic rings. The standard InChI is InChI=1S/C16H9F4NO2/c17-12-6-5-10(8-11(12)16(18,19)20)21-15(22)14-7-9-3-1-2-4-13(9)23-14/h1-8H,(H,21,22). The highest BCUT2D eigenvalue weighted by molar-refractivity contribution is 6.04. The van der Waals surface area contributed by atoms with E-state index in [1.165, 1.54) is 6.07 Å². The summed E-state index contributed by atoms with van der Waals surface area (Å²) < 4.78 is 56.5. The second kappa shape index (κ2) is 5.42. The average Bonchev–Trinajstić information content (AvgIpc) is 2.92. The monoisotopic (exact) mass is 323 g/mol. The Kier molecular flexibility index (Phi) is 3.55. The van der Waals surface area contributed by atoms with Gasteiger partial charge >= 0.3 is 6.18 Å². The molecule has 0 atom stereocenters. The van der Waals surface area contributed by atoms with E-state index < -0.39 is 23.5 Å². The minimum atomic E-state index is -4.84. The number of fused-ring (bicyclic) bond motifs is 1. The molecule has 0 aliphatic rings. The number of carbonyl (C=O) groups is 1. The van der Waals surface area contributed by atoms with Gasteiger partial charge in [-0.3, -0.25) is 4.79 Å². The lowest BCUT2D eigenvalue weighted by atomic mass is 10.1. The van der Waals surface area contributed by atoms with E-state index in [2.05, 4.69) is 5.32 Å².